The molecule has 2 atom stereocenters. The highest BCUT2D eigenvalue weighted by molar-refractivity contribution is 7.10. The van der Waals surface area contributed by atoms with Crippen molar-refractivity contribution in [3.63, 3.8) is 0 Å². The maximum atomic E-state index is 13.3. The molecule has 1 aromatic carbocycles. The molecule has 0 amide bonds. The lowest BCUT2D eigenvalue weighted by Crippen LogP contribution is -2.36. The minimum absolute atomic E-state index is 0.152. The maximum absolute atomic E-state index is 13.3. The first-order valence-electron chi connectivity index (χ1n) is 10.5. The first kappa shape index (κ1) is 20.9. The number of halogens is 3. The summed E-state index contributed by atoms with van der Waals surface area (Å²) in [5, 5.41) is 2.12. The Labute approximate surface area is 175 Å². The van der Waals surface area contributed by atoms with Gasteiger partial charge in [-0.05, 0) is 67.4 Å². The number of piperidine rings is 1. The molecule has 0 unspecified atom stereocenters. The zero-order valence-corrected chi connectivity index (χ0v) is 17.7. The molecule has 2 aromatic rings. The number of likely N-dealkylation sites (tertiary alicyclic amines) is 2. The third-order valence-electron chi connectivity index (χ3n) is 6.44. The molecule has 0 saturated carbocycles. The summed E-state index contributed by atoms with van der Waals surface area (Å²) in [4.78, 5) is 6.33. The molecule has 29 heavy (non-hydrogen) atoms. The van der Waals surface area contributed by atoms with Gasteiger partial charge in [0.2, 0.25) is 0 Å². The van der Waals surface area contributed by atoms with Crippen LogP contribution < -0.4 is 0 Å². The van der Waals surface area contributed by atoms with E-state index in [2.05, 4.69) is 28.2 Å². The van der Waals surface area contributed by atoms with Crippen LogP contribution in [0.5, 0.6) is 0 Å². The van der Waals surface area contributed by atoms with Gasteiger partial charge in [0.25, 0.3) is 0 Å². The summed E-state index contributed by atoms with van der Waals surface area (Å²) >= 11 is 1.78. The Morgan fingerprint density at radius 1 is 1.03 bits per heavy atom. The fourth-order valence-corrected chi connectivity index (χ4v) is 5.79. The van der Waals surface area contributed by atoms with Gasteiger partial charge in [0, 0.05) is 37.0 Å². The highest BCUT2D eigenvalue weighted by Gasteiger charge is 2.37. The Balaban J connectivity index is 1.55. The minimum Gasteiger partial charge on any atom is -0.303 e. The Bertz CT molecular complexity index is 810. The lowest BCUT2D eigenvalue weighted by molar-refractivity contribution is -0.137. The number of aryl methyl sites for hydroxylation is 1. The SMILES string of the molecule is Cc1ccsc1CN1C[C@@H](CN2CCCCC2)[C@H](c2cccc(C(F)(F)F)c2)C1. The third kappa shape index (κ3) is 5.04. The van der Waals surface area contributed by atoms with Crippen LogP contribution in [0.25, 0.3) is 0 Å². The summed E-state index contributed by atoms with van der Waals surface area (Å²) in [6.07, 6.45) is -0.523. The van der Waals surface area contributed by atoms with E-state index in [1.807, 2.05) is 6.07 Å². The van der Waals surface area contributed by atoms with E-state index < -0.39 is 11.7 Å². The molecule has 4 rings (SSSR count). The Kier molecular flexibility index (Phi) is 6.32. The standard InChI is InChI=1S/C23H29F3N2S/c1-17-8-11-29-22(17)16-28-14-19(13-27-9-3-2-4-10-27)21(15-28)18-6-5-7-20(12-18)23(24,25)26/h5-8,11-12,19,21H,2-4,9-10,13-16H2,1H3/t19-,21+/m1/s1. The largest absolute Gasteiger partial charge is 0.416 e. The fourth-order valence-electron chi connectivity index (χ4n) is 4.84. The molecule has 6 heteroatoms. The van der Waals surface area contributed by atoms with Gasteiger partial charge in [-0.3, -0.25) is 4.90 Å². The Morgan fingerprint density at radius 2 is 1.83 bits per heavy atom. The number of rotatable bonds is 5. The van der Waals surface area contributed by atoms with Crippen molar-refractivity contribution in [1.82, 2.24) is 9.80 Å². The number of hydrogen-bond acceptors (Lipinski definition) is 3. The summed E-state index contributed by atoms with van der Waals surface area (Å²) in [7, 11) is 0. The zero-order valence-electron chi connectivity index (χ0n) is 16.9. The van der Waals surface area contributed by atoms with E-state index in [0.29, 0.717) is 5.92 Å². The first-order chi connectivity index (χ1) is 13.9. The van der Waals surface area contributed by atoms with E-state index in [9.17, 15) is 13.2 Å². The van der Waals surface area contributed by atoms with Gasteiger partial charge in [-0.1, -0.05) is 24.6 Å². The predicted molar refractivity (Wildman–Crippen MR) is 112 cm³/mol. The van der Waals surface area contributed by atoms with Crippen molar-refractivity contribution in [2.75, 3.05) is 32.7 Å². The lowest BCUT2D eigenvalue weighted by atomic mass is 9.87. The van der Waals surface area contributed by atoms with Gasteiger partial charge in [0.1, 0.15) is 0 Å². The van der Waals surface area contributed by atoms with E-state index in [4.69, 9.17) is 0 Å². The van der Waals surface area contributed by atoms with E-state index in [0.717, 1.165) is 44.8 Å². The summed E-state index contributed by atoms with van der Waals surface area (Å²) in [5.41, 5.74) is 1.62. The highest BCUT2D eigenvalue weighted by Crippen LogP contribution is 2.38. The van der Waals surface area contributed by atoms with Gasteiger partial charge >= 0.3 is 6.18 Å². The maximum Gasteiger partial charge on any atom is 0.416 e. The summed E-state index contributed by atoms with van der Waals surface area (Å²) in [6, 6.07) is 8.18. The van der Waals surface area contributed by atoms with E-state index in [1.54, 1.807) is 17.4 Å². The van der Waals surface area contributed by atoms with Crippen molar-refractivity contribution in [3.05, 3.63) is 57.3 Å². The second-order valence-electron chi connectivity index (χ2n) is 8.57. The van der Waals surface area contributed by atoms with Gasteiger partial charge in [0.15, 0.2) is 0 Å². The fraction of sp³-hybridized carbons (Fsp3) is 0.565. The van der Waals surface area contributed by atoms with Crippen molar-refractivity contribution in [2.24, 2.45) is 5.92 Å². The number of benzene rings is 1. The quantitative estimate of drug-likeness (QED) is 0.603. The molecule has 2 aliphatic rings. The minimum atomic E-state index is -4.29. The van der Waals surface area contributed by atoms with Crippen molar-refractivity contribution in [2.45, 2.75) is 44.8 Å². The van der Waals surface area contributed by atoms with Crippen LogP contribution in [-0.2, 0) is 12.7 Å². The van der Waals surface area contributed by atoms with Gasteiger partial charge in [-0.25, -0.2) is 0 Å². The molecule has 0 N–H and O–H groups in total. The summed E-state index contributed by atoms with van der Waals surface area (Å²) in [5.74, 6) is 0.524. The van der Waals surface area contributed by atoms with Gasteiger partial charge in [-0.15, -0.1) is 11.3 Å². The average molecular weight is 423 g/mol. The topological polar surface area (TPSA) is 6.48 Å². The number of hydrogen-bond donors (Lipinski definition) is 0. The predicted octanol–water partition coefficient (Wildman–Crippen LogP) is 5.78. The zero-order chi connectivity index (χ0) is 20.4. The molecule has 2 aliphatic heterocycles. The normalized spacial score (nSPS) is 24.3. The molecule has 2 fully saturated rings. The second kappa shape index (κ2) is 8.78. The molecule has 1 aromatic heterocycles. The lowest BCUT2D eigenvalue weighted by Gasteiger charge is -2.31. The van der Waals surface area contributed by atoms with Crippen molar-refractivity contribution in [1.29, 1.82) is 0 Å². The van der Waals surface area contributed by atoms with Crippen LogP contribution in [-0.4, -0.2) is 42.5 Å². The molecule has 0 aliphatic carbocycles. The van der Waals surface area contributed by atoms with Crippen LogP contribution >= 0.6 is 11.3 Å². The molecule has 3 heterocycles. The Hall–Kier alpha value is -1.37. The highest BCUT2D eigenvalue weighted by atomic mass is 32.1. The van der Waals surface area contributed by atoms with Crippen molar-refractivity contribution < 1.29 is 13.2 Å². The number of alkyl halides is 3. The van der Waals surface area contributed by atoms with Gasteiger partial charge < -0.3 is 4.90 Å². The molecular weight excluding hydrogens is 393 g/mol. The molecule has 0 radical (unpaired) electrons. The number of nitrogens with zero attached hydrogens (tertiary/aromatic N) is 2. The van der Waals surface area contributed by atoms with Crippen LogP contribution in [0.1, 0.15) is 46.7 Å². The molecule has 2 saturated heterocycles. The van der Waals surface area contributed by atoms with Gasteiger partial charge in [-0.2, -0.15) is 13.2 Å². The smallest absolute Gasteiger partial charge is 0.303 e. The first-order valence-corrected chi connectivity index (χ1v) is 11.4. The van der Waals surface area contributed by atoms with Crippen LogP contribution in [0.2, 0.25) is 0 Å². The second-order valence-corrected chi connectivity index (χ2v) is 9.57. The summed E-state index contributed by atoms with van der Waals surface area (Å²) in [6.45, 7) is 8.05. The molecule has 158 valence electrons. The monoisotopic (exact) mass is 422 g/mol. The molecule has 2 nitrogen and oxygen atoms in total. The van der Waals surface area contributed by atoms with Gasteiger partial charge in [0.05, 0.1) is 5.56 Å². The van der Waals surface area contributed by atoms with Crippen molar-refractivity contribution in [3.8, 4) is 0 Å². The van der Waals surface area contributed by atoms with E-state index in [1.165, 1.54) is 41.8 Å². The van der Waals surface area contributed by atoms with Crippen LogP contribution in [0.3, 0.4) is 0 Å². The molecular formula is C23H29F3N2S. The molecule has 0 bridgehead atoms. The average Bonchev–Trinajstić information content (AvgIpc) is 3.28. The van der Waals surface area contributed by atoms with Crippen LogP contribution in [0.15, 0.2) is 35.7 Å². The van der Waals surface area contributed by atoms with Crippen molar-refractivity contribution >= 4 is 11.3 Å². The Morgan fingerprint density at radius 3 is 2.52 bits per heavy atom. The summed E-state index contributed by atoms with van der Waals surface area (Å²) < 4.78 is 39.8. The third-order valence-corrected chi connectivity index (χ3v) is 7.44. The van der Waals surface area contributed by atoms with E-state index in [-0.39, 0.29) is 5.92 Å². The van der Waals surface area contributed by atoms with Crippen LogP contribution in [0, 0.1) is 12.8 Å². The molecule has 0 spiro atoms. The van der Waals surface area contributed by atoms with Crippen LogP contribution in [0.4, 0.5) is 13.2 Å². The van der Waals surface area contributed by atoms with E-state index >= 15 is 0 Å². The number of thiophene rings is 1.